The summed E-state index contributed by atoms with van der Waals surface area (Å²) in [5, 5.41) is 22.8. The number of fused-ring (bicyclic) bond motifs is 1. The lowest BCUT2D eigenvalue weighted by molar-refractivity contribution is -0.385. The highest BCUT2D eigenvalue weighted by Crippen LogP contribution is 2.38. The van der Waals surface area contributed by atoms with Crippen LogP contribution in [0.5, 0.6) is 5.75 Å². The van der Waals surface area contributed by atoms with Crippen molar-refractivity contribution in [2.45, 2.75) is 13.0 Å². The molecule has 0 bridgehead atoms. The van der Waals surface area contributed by atoms with E-state index in [2.05, 4.69) is 25.8 Å². The van der Waals surface area contributed by atoms with E-state index in [4.69, 9.17) is 0 Å². The van der Waals surface area contributed by atoms with Crippen molar-refractivity contribution in [1.29, 1.82) is 0 Å². The van der Waals surface area contributed by atoms with Crippen molar-refractivity contribution in [1.82, 2.24) is 14.5 Å². The Morgan fingerprint density at radius 1 is 1.08 bits per heavy atom. The van der Waals surface area contributed by atoms with Crippen molar-refractivity contribution in [3.63, 3.8) is 0 Å². The van der Waals surface area contributed by atoms with E-state index in [-0.39, 0.29) is 23.3 Å². The summed E-state index contributed by atoms with van der Waals surface area (Å²) in [7, 11) is 1.50. The van der Waals surface area contributed by atoms with Crippen molar-refractivity contribution < 1.29 is 14.4 Å². The van der Waals surface area contributed by atoms with Crippen LogP contribution >= 0.6 is 15.9 Å². The van der Waals surface area contributed by atoms with Gasteiger partial charge in [0.15, 0.2) is 5.69 Å². The number of halogens is 2. The molecular formula is C27H25BrFN5O4. The molecule has 3 heterocycles. The molecule has 1 N–H and O–H groups in total. The molecule has 2 aromatic heterocycles. The van der Waals surface area contributed by atoms with Crippen LogP contribution in [0.25, 0.3) is 11.0 Å². The Hall–Kier alpha value is -3.83. The molecule has 196 valence electrons. The van der Waals surface area contributed by atoms with E-state index < -0.39 is 16.2 Å². The molecule has 4 aromatic rings. The van der Waals surface area contributed by atoms with Crippen molar-refractivity contribution >= 4 is 38.3 Å². The van der Waals surface area contributed by atoms with E-state index in [1.54, 1.807) is 30.3 Å². The summed E-state index contributed by atoms with van der Waals surface area (Å²) >= 11 is 3.35. The topological polar surface area (TPSA) is 105 Å². The van der Waals surface area contributed by atoms with Gasteiger partial charge in [0.25, 0.3) is 0 Å². The number of phenolic OH excluding ortho intramolecular Hbond substituents is 1. The largest absolute Gasteiger partial charge is 0.508 e. The molecule has 1 fully saturated rings. The highest BCUT2D eigenvalue weighted by atomic mass is 79.9. The fraction of sp³-hybridized carbons (Fsp3) is 0.259. The average Bonchev–Trinajstić information content (AvgIpc) is 2.89. The predicted octanol–water partition coefficient (Wildman–Crippen LogP) is 4.67. The van der Waals surface area contributed by atoms with Gasteiger partial charge < -0.3 is 14.6 Å². The van der Waals surface area contributed by atoms with Gasteiger partial charge >= 0.3 is 11.2 Å². The number of nitrogens with zero attached hydrogens (tertiary/aromatic N) is 5. The Bertz CT molecular complexity index is 1600. The maximum absolute atomic E-state index is 13.7. The number of hydrogen-bond acceptors (Lipinski definition) is 7. The Morgan fingerprint density at radius 2 is 1.76 bits per heavy atom. The summed E-state index contributed by atoms with van der Waals surface area (Å²) in [5.41, 5.74) is 2.34. The molecule has 0 spiro atoms. The van der Waals surface area contributed by atoms with Crippen LogP contribution in [-0.2, 0) is 7.05 Å². The van der Waals surface area contributed by atoms with Gasteiger partial charge in [-0.1, -0.05) is 29.8 Å². The fourth-order valence-electron chi connectivity index (χ4n) is 5.15. The minimum atomic E-state index is -0.696. The van der Waals surface area contributed by atoms with Crippen molar-refractivity contribution in [2.75, 3.05) is 31.1 Å². The van der Waals surface area contributed by atoms with Gasteiger partial charge in [-0.05, 0) is 58.7 Å². The number of piperazine rings is 1. The number of pyridine rings is 2. The summed E-state index contributed by atoms with van der Waals surface area (Å²) in [6.45, 7) is 3.63. The normalized spacial score (nSPS) is 15.1. The quantitative estimate of drug-likeness (QED) is 0.207. The summed E-state index contributed by atoms with van der Waals surface area (Å²) in [5.74, 6) is -0.219. The molecule has 11 heteroatoms. The molecule has 5 rings (SSSR count). The number of aromatic nitrogens is 2. The standard InChI is InChI=1S/C27H25BrFN5O4/c1-16-3-9-21(35)19(15-16)24(17-4-6-18(29)7-5-17)32-11-13-33(14-12-32)25-23-20(8-10-22(28)30-23)31(2)27(36)26(25)34(37)38/h3-10,15,24,35H,11-14H2,1-2H3. The zero-order valence-corrected chi connectivity index (χ0v) is 22.4. The van der Waals surface area contributed by atoms with Crippen LogP contribution in [0.15, 0.2) is 64.0 Å². The maximum Gasteiger partial charge on any atom is 0.359 e. The molecule has 2 aromatic carbocycles. The number of aryl methyl sites for hydroxylation is 2. The lowest BCUT2D eigenvalue weighted by atomic mass is 9.94. The number of anilines is 1. The van der Waals surface area contributed by atoms with Crippen molar-refractivity contribution in [3.05, 3.63) is 102 Å². The van der Waals surface area contributed by atoms with Gasteiger partial charge in [-0.3, -0.25) is 19.8 Å². The Morgan fingerprint density at radius 3 is 2.42 bits per heavy atom. The third kappa shape index (κ3) is 4.63. The van der Waals surface area contributed by atoms with Gasteiger partial charge in [-0.25, -0.2) is 9.37 Å². The second-order valence-corrected chi connectivity index (χ2v) is 10.2. The molecule has 0 saturated carbocycles. The highest BCUT2D eigenvalue weighted by molar-refractivity contribution is 9.10. The van der Waals surface area contributed by atoms with Crippen LogP contribution in [0, 0.1) is 22.9 Å². The van der Waals surface area contributed by atoms with Gasteiger partial charge in [0.05, 0.1) is 16.5 Å². The van der Waals surface area contributed by atoms with Crippen LogP contribution in [0.4, 0.5) is 15.8 Å². The molecule has 0 amide bonds. The SMILES string of the molecule is Cc1ccc(O)c(C(c2ccc(F)cc2)N2CCN(c3c([N+](=O)[O-])c(=O)n(C)c4ccc(Br)nc34)CC2)c1. The summed E-state index contributed by atoms with van der Waals surface area (Å²) in [6.07, 6.45) is 0. The summed E-state index contributed by atoms with van der Waals surface area (Å²) in [6, 6.07) is 14.6. The number of aromatic hydroxyl groups is 1. The molecule has 1 aliphatic heterocycles. The van der Waals surface area contributed by atoms with Crippen LogP contribution in [0.1, 0.15) is 22.7 Å². The number of hydrogen-bond donors (Lipinski definition) is 1. The van der Waals surface area contributed by atoms with Crippen LogP contribution in [0.2, 0.25) is 0 Å². The molecule has 0 aliphatic carbocycles. The molecule has 38 heavy (non-hydrogen) atoms. The predicted molar refractivity (Wildman–Crippen MR) is 146 cm³/mol. The first kappa shape index (κ1) is 25.8. The summed E-state index contributed by atoms with van der Waals surface area (Å²) in [4.78, 5) is 32.9. The van der Waals surface area contributed by atoms with E-state index >= 15 is 0 Å². The van der Waals surface area contributed by atoms with Gasteiger partial charge in [0.1, 0.15) is 21.7 Å². The van der Waals surface area contributed by atoms with Gasteiger partial charge in [0.2, 0.25) is 0 Å². The number of phenols is 1. The molecule has 0 radical (unpaired) electrons. The first-order chi connectivity index (χ1) is 18.2. The van der Waals surface area contributed by atoms with E-state index in [1.807, 2.05) is 24.0 Å². The third-order valence-corrected chi connectivity index (χ3v) is 7.44. The highest BCUT2D eigenvalue weighted by Gasteiger charge is 2.34. The third-order valence-electron chi connectivity index (χ3n) is 7.00. The molecule has 9 nitrogen and oxygen atoms in total. The molecule has 1 atom stereocenters. The van der Waals surface area contributed by atoms with Crippen molar-refractivity contribution in [2.24, 2.45) is 7.05 Å². The smallest absolute Gasteiger partial charge is 0.359 e. The second-order valence-electron chi connectivity index (χ2n) is 9.36. The first-order valence-electron chi connectivity index (χ1n) is 12.0. The minimum absolute atomic E-state index is 0.134. The monoisotopic (exact) mass is 581 g/mol. The Kier molecular flexibility index (Phi) is 6.89. The van der Waals surface area contributed by atoms with Crippen LogP contribution in [0.3, 0.4) is 0 Å². The van der Waals surface area contributed by atoms with E-state index in [0.29, 0.717) is 47.4 Å². The Balaban J connectivity index is 1.55. The minimum Gasteiger partial charge on any atom is -0.508 e. The average molecular weight is 582 g/mol. The maximum atomic E-state index is 13.7. The van der Waals surface area contributed by atoms with Crippen LogP contribution < -0.4 is 10.5 Å². The zero-order chi connectivity index (χ0) is 27.1. The molecule has 1 saturated heterocycles. The fourth-order valence-corrected chi connectivity index (χ4v) is 5.46. The Labute approximate surface area is 226 Å². The zero-order valence-electron chi connectivity index (χ0n) is 20.8. The van der Waals surface area contributed by atoms with Gasteiger partial charge in [0, 0.05) is 38.8 Å². The van der Waals surface area contributed by atoms with Gasteiger partial charge in [-0.15, -0.1) is 0 Å². The molecular weight excluding hydrogens is 557 g/mol. The lowest BCUT2D eigenvalue weighted by Gasteiger charge is -2.40. The first-order valence-corrected chi connectivity index (χ1v) is 12.8. The number of benzene rings is 2. The van der Waals surface area contributed by atoms with Crippen LogP contribution in [-0.4, -0.2) is 50.7 Å². The lowest BCUT2D eigenvalue weighted by Crippen LogP contribution is -2.48. The number of nitro groups is 1. The second kappa shape index (κ2) is 10.1. The molecule has 1 aliphatic rings. The number of rotatable bonds is 5. The van der Waals surface area contributed by atoms with E-state index in [1.165, 1.54) is 23.7 Å². The van der Waals surface area contributed by atoms with Crippen molar-refractivity contribution in [3.8, 4) is 5.75 Å². The van der Waals surface area contributed by atoms with E-state index in [9.17, 15) is 24.4 Å². The summed E-state index contributed by atoms with van der Waals surface area (Å²) < 4.78 is 15.5. The van der Waals surface area contributed by atoms with Gasteiger partial charge in [-0.2, -0.15) is 0 Å². The molecule has 1 unspecified atom stereocenters. The van der Waals surface area contributed by atoms with E-state index in [0.717, 1.165) is 11.1 Å².